The van der Waals surface area contributed by atoms with E-state index in [1.165, 1.54) is 11.1 Å². The molecule has 2 saturated heterocycles. The average Bonchev–Trinajstić information content (AvgIpc) is 3.13. The Kier molecular flexibility index (Phi) is 4.15. The number of hydrogen-bond donors (Lipinski definition) is 0. The highest BCUT2D eigenvalue weighted by molar-refractivity contribution is 5.77. The fourth-order valence-corrected chi connectivity index (χ4v) is 4.29. The number of likely N-dealkylation sites (N-methyl/N-ethyl adjacent to an activating group) is 1. The number of likely N-dealkylation sites (tertiary alicyclic amines) is 1. The normalized spacial score (nSPS) is 26.2. The molecule has 0 aromatic heterocycles. The molecule has 6 nitrogen and oxygen atoms in total. The molecule has 3 aliphatic rings. The first-order valence-electron chi connectivity index (χ1n) is 9.06. The smallest absolute Gasteiger partial charge is 0.410 e. The molecule has 0 unspecified atom stereocenters. The standard InChI is InChI=1S/C19H25N3O3/c1-20-13-19(25-18(20)24)8-4-9-22(14-19)17(23)7-10-21-11-15-5-2-3-6-16(15)12-21/h2-3,5-6H,4,7-14H2,1H3/t19-/m0/s1. The quantitative estimate of drug-likeness (QED) is 0.840. The lowest BCUT2D eigenvalue weighted by Crippen LogP contribution is -2.52. The molecule has 4 rings (SSSR count). The van der Waals surface area contributed by atoms with Crippen LogP contribution in [0.5, 0.6) is 0 Å². The van der Waals surface area contributed by atoms with Crippen molar-refractivity contribution in [2.24, 2.45) is 0 Å². The maximum Gasteiger partial charge on any atom is 0.410 e. The zero-order valence-corrected chi connectivity index (χ0v) is 14.7. The van der Waals surface area contributed by atoms with Crippen molar-refractivity contribution in [1.29, 1.82) is 0 Å². The molecule has 134 valence electrons. The number of ether oxygens (including phenoxy) is 1. The van der Waals surface area contributed by atoms with Gasteiger partial charge in [-0.15, -0.1) is 0 Å². The molecule has 1 atom stereocenters. The summed E-state index contributed by atoms with van der Waals surface area (Å²) in [6, 6.07) is 8.47. The lowest BCUT2D eigenvalue weighted by molar-refractivity contribution is -0.137. The van der Waals surface area contributed by atoms with E-state index < -0.39 is 5.60 Å². The lowest BCUT2D eigenvalue weighted by atomic mass is 9.92. The number of hydrogen-bond acceptors (Lipinski definition) is 4. The predicted molar refractivity (Wildman–Crippen MR) is 92.8 cm³/mol. The first-order valence-corrected chi connectivity index (χ1v) is 9.06. The van der Waals surface area contributed by atoms with Crippen LogP contribution in [-0.4, -0.2) is 65.5 Å². The Morgan fingerprint density at radius 2 is 1.92 bits per heavy atom. The SMILES string of the molecule is CN1C[C@]2(CCCN(C(=O)CCN3Cc4ccccc4C3)C2)OC1=O. The highest BCUT2D eigenvalue weighted by atomic mass is 16.6. The second-order valence-electron chi connectivity index (χ2n) is 7.56. The second kappa shape index (κ2) is 6.33. The zero-order chi connectivity index (χ0) is 17.4. The highest BCUT2D eigenvalue weighted by Gasteiger charge is 2.47. The van der Waals surface area contributed by atoms with E-state index in [-0.39, 0.29) is 12.0 Å². The minimum absolute atomic E-state index is 0.167. The van der Waals surface area contributed by atoms with Crippen LogP contribution in [0, 0.1) is 0 Å². The van der Waals surface area contributed by atoms with Gasteiger partial charge < -0.3 is 14.5 Å². The van der Waals surface area contributed by atoms with Crippen LogP contribution >= 0.6 is 0 Å². The van der Waals surface area contributed by atoms with Crippen molar-refractivity contribution in [3.05, 3.63) is 35.4 Å². The number of carbonyl (C=O) groups is 2. The molecule has 0 radical (unpaired) electrons. The molecule has 0 bridgehead atoms. The first-order chi connectivity index (χ1) is 12.0. The fourth-order valence-electron chi connectivity index (χ4n) is 4.29. The molecule has 0 saturated carbocycles. The molecular formula is C19H25N3O3. The second-order valence-corrected chi connectivity index (χ2v) is 7.56. The van der Waals surface area contributed by atoms with Crippen molar-refractivity contribution in [3.63, 3.8) is 0 Å². The van der Waals surface area contributed by atoms with Crippen LogP contribution in [0.3, 0.4) is 0 Å². The van der Waals surface area contributed by atoms with Crippen LogP contribution in [0.1, 0.15) is 30.4 Å². The Balaban J connectivity index is 1.31. The van der Waals surface area contributed by atoms with Gasteiger partial charge in [-0.25, -0.2) is 4.79 Å². The fraction of sp³-hybridized carbons (Fsp3) is 0.579. The van der Waals surface area contributed by atoms with E-state index in [1.807, 2.05) is 4.90 Å². The zero-order valence-electron chi connectivity index (χ0n) is 14.7. The first kappa shape index (κ1) is 16.4. The molecule has 1 aromatic rings. The number of fused-ring (bicyclic) bond motifs is 1. The summed E-state index contributed by atoms with van der Waals surface area (Å²) in [6.45, 7) is 4.50. The van der Waals surface area contributed by atoms with Crippen LogP contribution in [0.15, 0.2) is 24.3 Å². The van der Waals surface area contributed by atoms with Gasteiger partial charge in [0.2, 0.25) is 5.91 Å². The minimum atomic E-state index is -0.496. The van der Waals surface area contributed by atoms with Crippen LogP contribution in [-0.2, 0) is 22.6 Å². The number of amides is 2. The van der Waals surface area contributed by atoms with E-state index >= 15 is 0 Å². The molecule has 0 N–H and O–H groups in total. The molecule has 3 aliphatic heterocycles. The van der Waals surface area contributed by atoms with Gasteiger partial charge in [-0.2, -0.15) is 0 Å². The maximum absolute atomic E-state index is 12.7. The van der Waals surface area contributed by atoms with Crippen LogP contribution < -0.4 is 0 Å². The number of nitrogens with zero attached hydrogens (tertiary/aromatic N) is 3. The molecule has 0 aliphatic carbocycles. The van der Waals surface area contributed by atoms with E-state index in [4.69, 9.17) is 4.74 Å². The van der Waals surface area contributed by atoms with E-state index in [0.717, 1.165) is 39.0 Å². The van der Waals surface area contributed by atoms with Gasteiger partial charge in [-0.05, 0) is 24.0 Å². The molecule has 2 fully saturated rings. The van der Waals surface area contributed by atoms with Gasteiger partial charge in [-0.3, -0.25) is 9.69 Å². The molecule has 3 heterocycles. The van der Waals surface area contributed by atoms with Crippen molar-refractivity contribution < 1.29 is 14.3 Å². The largest absolute Gasteiger partial charge is 0.439 e. The summed E-state index contributed by atoms with van der Waals surface area (Å²) < 4.78 is 5.59. The molecule has 6 heteroatoms. The minimum Gasteiger partial charge on any atom is -0.439 e. The third kappa shape index (κ3) is 3.23. The van der Waals surface area contributed by atoms with Crippen molar-refractivity contribution in [2.75, 3.05) is 33.2 Å². The summed E-state index contributed by atoms with van der Waals surface area (Å²) >= 11 is 0. The summed E-state index contributed by atoms with van der Waals surface area (Å²) in [4.78, 5) is 30.2. The van der Waals surface area contributed by atoms with Crippen molar-refractivity contribution in [3.8, 4) is 0 Å². The number of rotatable bonds is 3. The Labute approximate surface area is 148 Å². The third-order valence-corrected chi connectivity index (χ3v) is 5.58. The van der Waals surface area contributed by atoms with Gasteiger partial charge >= 0.3 is 6.09 Å². The highest BCUT2D eigenvalue weighted by Crippen LogP contribution is 2.31. The van der Waals surface area contributed by atoms with Gasteiger partial charge in [0.1, 0.15) is 5.60 Å². The molecular weight excluding hydrogens is 318 g/mol. The topological polar surface area (TPSA) is 53.1 Å². The molecule has 1 spiro atoms. The van der Waals surface area contributed by atoms with E-state index in [0.29, 0.717) is 19.5 Å². The van der Waals surface area contributed by atoms with Crippen LogP contribution in [0.4, 0.5) is 4.79 Å². The summed E-state index contributed by atoms with van der Waals surface area (Å²) in [5, 5.41) is 0. The monoisotopic (exact) mass is 343 g/mol. The number of piperidine rings is 1. The van der Waals surface area contributed by atoms with Gasteiger partial charge in [0.25, 0.3) is 0 Å². The van der Waals surface area contributed by atoms with Crippen LogP contribution in [0.25, 0.3) is 0 Å². The van der Waals surface area contributed by atoms with Crippen LogP contribution in [0.2, 0.25) is 0 Å². The van der Waals surface area contributed by atoms with Gasteiger partial charge in [0.15, 0.2) is 0 Å². The summed E-state index contributed by atoms with van der Waals surface area (Å²) in [6.07, 6.45) is 1.98. The Bertz CT molecular complexity index is 667. The number of benzene rings is 1. The molecule has 2 amide bonds. The van der Waals surface area contributed by atoms with E-state index in [1.54, 1.807) is 11.9 Å². The Morgan fingerprint density at radius 3 is 2.56 bits per heavy atom. The molecule has 25 heavy (non-hydrogen) atoms. The van der Waals surface area contributed by atoms with Crippen molar-refractivity contribution in [2.45, 2.75) is 38.0 Å². The van der Waals surface area contributed by atoms with E-state index in [2.05, 4.69) is 29.2 Å². The number of carbonyl (C=O) groups excluding carboxylic acids is 2. The maximum atomic E-state index is 12.7. The van der Waals surface area contributed by atoms with E-state index in [9.17, 15) is 9.59 Å². The molecule has 1 aromatic carbocycles. The summed E-state index contributed by atoms with van der Waals surface area (Å²) in [5.41, 5.74) is 2.24. The Morgan fingerprint density at radius 1 is 1.20 bits per heavy atom. The van der Waals surface area contributed by atoms with Gasteiger partial charge in [0.05, 0.1) is 13.1 Å². The summed E-state index contributed by atoms with van der Waals surface area (Å²) in [7, 11) is 1.75. The van der Waals surface area contributed by atoms with Crippen molar-refractivity contribution >= 4 is 12.0 Å². The van der Waals surface area contributed by atoms with Gasteiger partial charge in [0, 0.05) is 39.6 Å². The van der Waals surface area contributed by atoms with Gasteiger partial charge in [-0.1, -0.05) is 24.3 Å². The Hall–Kier alpha value is -2.08. The average molecular weight is 343 g/mol. The predicted octanol–water partition coefficient (Wildman–Crippen LogP) is 1.84. The third-order valence-electron chi connectivity index (χ3n) is 5.58. The van der Waals surface area contributed by atoms with Crippen molar-refractivity contribution in [1.82, 2.24) is 14.7 Å². The lowest BCUT2D eigenvalue weighted by Gasteiger charge is -2.38. The summed E-state index contributed by atoms with van der Waals surface area (Å²) in [5.74, 6) is 0.167.